The third-order valence-electron chi connectivity index (χ3n) is 3.61. The Morgan fingerprint density at radius 2 is 2.33 bits per heavy atom. The van der Waals surface area contributed by atoms with Crippen LogP contribution in [0.4, 0.5) is 0 Å². The predicted molar refractivity (Wildman–Crippen MR) is 70.5 cm³/mol. The molecular weight excluding hydrogens is 232 g/mol. The Bertz CT molecular complexity index is 328. The number of oxime groups is 1. The van der Waals surface area contributed by atoms with Gasteiger partial charge in [0.1, 0.15) is 5.84 Å². The number of likely N-dealkylation sites (N-methyl/N-ethyl adjacent to an activating group) is 1. The molecule has 1 rings (SSSR count). The van der Waals surface area contributed by atoms with Gasteiger partial charge >= 0.3 is 0 Å². The third kappa shape index (κ3) is 3.87. The normalized spacial score (nSPS) is 22.4. The maximum absolute atomic E-state index is 11.3. The topological polar surface area (TPSA) is 90.9 Å². The number of hydrogen-bond acceptors (Lipinski definition) is 4. The molecule has 1 heterocycles. The number of amidine groups is 1. The summed E-state index contributed by atoms with van der Waals surface area (Å²) in [6, 6.07) is 0.343. The smallest absolute Gasteiger partial charge is 0.222 e. The first-order valence-electron chi connectivity index (χ1n) is 6.32. The predicted octanol–water partition coefficient (Wildman–Crippen LogP) is 0.360. The van der Waals surface area contributed by atoms with Crippen molar-refractivity contribution in [1.82, 2.24) is 10.2 Å². The molecule has 104 valence electrons. The standard InChI is InChI=1S/C12H24N4O2/c1-12(2,11(13)15-18)6-7-14-9-4-5-10(17)16(3)8-9/h9,14,18H,4-8H2,1-3H3,(H2,13,15). The first-order chi connectivity index (χ1) is 8.36. The van der Waals surface area contributed by atoms with Gasteiger partial charge in [0.2, 0.25) is 5.91 Å². The number of amides is 1. The Kier molecular flexibility index (Phi) is 4.95. The number of carbonyl (C=O) groups is 1. The SMILES string of the molecule is CN1CC(NCCC(C)(C)C(N)=NO)CCC1=O. The van der Waals surface area contributed by atoms with E-state index >= 15 is 0 Å². The molecule has 0 bridgehead atoms. The van der Waals surface area contributed by atoms with Crippen LogP contribution >= 0.6 is 0 Å². The average Bonchev–Trinajstić information content (AvgIpc) is 2.32. The minimum Gasteiger partial charge on any atom is -0.409 e. The second kappa shape index (κ2) is 6.04. The van der Waals surface area contributed by atoms with Crippen molar-refractivity contribution in [2.45, 2.75) is 39.2 Å². The van der Waals surface area contributed by atoms with Gasteiger partial charge in [-0.2, -0.15) is 0 Å². The lowest BCUT2D eigenvalue weighted by Gasteiger charge is -2.31. The van der Waals surface area contributed by atoms with Gasteiger partial charge < -0.3 is 21.2 Å². The Labute approximate surface area is 108 Å². The zero-order valence-corrected chi connectivity index (χ0v) is 11.4. The van der Waals surface area contributed by atoms with E-state index in [1.807, 2.05) is 20.9 Å². The molecule has 4 N–H and O–H groups in total. The fraction of sp³-hybridized carbons (Fsp3) is 0.833. The van der Waals surface area contributed by atoms with Crippen LogP contribution < -0.4 is 11.1 Å². The van der Waals surface area contributed by atoms with Crippen molar-refractivity contribution in [3.8, 4) is 0 Å². The van der Waals surface area contributed by atoms with Gasteiger partial charge in [0.15, 0.2) is 0 Å². The molecule has 1 aliphatic rings. The van der Waals surface area contributed by atoms with Crippen molar-refractivity contribution in [2.24, 2.45) is 16.3 Å². The van der Waals surface area contributed by atoms with Gasteiger partial charge in [-0.1, -0.05) is 19.0 Å². The highest BCUT2D eigenvalue weighted by atomic mass is 16.4. The molecule has 1 fully saturated rings. The van der Waals surface area contributed by atoms with E-state index < -0.39 is 0 Å². The van der Waals surface area contributed by atoms with E-state index in [-0.39, 0.29) is 17.2 Å². The quantitative estimate of drug-likeness (QED) is 0.287. The maximum atomic E-state index is 11.3. The third-order valence-corrected chi connectivity index (χ3v) is 3.61. The molecule has 0 aromatic carbocycles. The van der Waals surface area contributed by atoms with Crippen molar-refractivity contribution in [3.63, 3.8) is 0 Å². The van der Waals surface area contributed by atoms with Crippen molar-refractivity contribution < 1.29 is 10.0 Å². The van der Waals surface area contributed by atoms with Gasteiger partial charge in [-0.15, -0.1) is 0 Å². The summed E-state index contributed by atoms with van der Waals surface area (Å²) >= 11 is 0. The molecule has 0 aromatic heterocycles. The van der Waals surface area contributed by atoms with Crippen LogP contribution in [0.2, 0.25) is 0 Å². The molecule has 1 atom stereocenters. The maximum Gasteiger partial charge on any atom is 0.222 e. The lowest BCUT2D eigenvalue weighted by atomic mass is 9.88. The first-order valence-corrected chi connectivity index (χ1v) is 6.32. The molecule has 0 aromatic rings. The van der Waals surface area contributed by atoms with E-state index in [0.717, 1.165) is 25.9 Å². The Morgan fingerprint density at radius 1 is 1.67 bits per heavy atom. The van der Waals surface area contributed by atoms with Crippen LogP contribution in [0.5, 0.6) is 0 Å². The lowest BCUT2D eigenvalue weighted by molar-refractivity contribution is -0.132. The highest BCUT2D eigenvalue weighted by molar-refractivity contribution is 5.85. The van der Waals surface area contributed by atoms with E-state index in [0.29, 0.717) is 12.5 Å². The average molecular weight is 256 g/mol. The largest absolute Gasteiger partial charge is 0.409 e. The number of nitrogens with two attached hydrogens (primary N) is 1. The summed E-state index contributed by atoms with van der Waals surface area (Å²) < 4.78 is 0. The molecule has 1 unspecified atom stereocenters. The Balaban J connectivity index is 2.32. The summed E-state index contributed by atoms with van der Waals surface area (Å²) in [5, 5.41) is 15.2. The van der Waals surface area contributed by atoms with Crippen LogP contribution in [0.3, 0.4) is 0 Å². The van der Waals surface area contributed by atoms with Gasteiger partial charge in [0.05, 0.1) is 0 Å². The van der Waals surface area contributed by atoms with Crippen LogP contribution in [0.1, 0.15) is 33.1 Å². The number of carbonyl (C=O) groups excluding carboxylic acids is 1. The molecule has 6 heteroatoms. The minimum absolute atomic E-state index is 0.213. The summed E-state index contributed by atoms with van der Waals surface area (Å²) in [7, 11) is 1.83. The number of hydrogen-bond donors (Lipinski definition) is 3. The molecule has 1 amide bonds. The molecule has 0 spiro atoms. The van der Waals surface area contributed by atoms with Crippen LogP contribution in [0, 0.1) is 5.41 Å². The summed E-state index contributed by atoms with van der Waals surface area (Å²) in [6.45, 7) is 5.43. The van der Waals surface area contributed by atoms with Crippen molar-refractivity contribution >= 4 is 11.7 Å². The van der Waals surface area contributed by atoms with E-state index in [2.05, 4.69) is 10.5 Å². The van der Waals surface area contributed by atoms with Gasteiger partial charge in [0, 0.05) is 31.5 Å². The fourth-order valence-corrected chi connectivity index (χ4v) is 2.03. The van der Waals surface area contributed by atoms with Gasteiger partial charge in [-0.25, -0.2) is 0 Å². The van der Waals surface area contributed by atoms with Crippen LogP contribution in [0.25, 0.3) is 0 Å². The Hall–Kier alpha value is -1.30. The van der Waals surface area contributed by atoms with E-state index in [4.69, 9.17) is 10.9 Å². The molecular formula is C12H24N4O2. The van der Waals surface area contributed by atoms with Crippen LogP contribution in [-0.2, 0) is 4.79 Å². The molecule has 18 heavy (non-hydrogen) atoms. The number of rotatable bonds is 5. The molecule has 6 nitrogen and oxygen atoms in total. The molecule has 0 aliphatic carbocycles. The van der Waals surface area contributed by atoms with Gasteiger partial charge in [-0.05, 0) is 19.4 Å². The zero-order chi connectivity index (χ0) is 13.8. The van der Waals surface area contributed by atoms with Crippen LogP contribution in [-0.4, -0.2) is 48.0 Å². The molecule has 1 aliphatic heterocycles. The Morgan fingerprint density at radius 3 is 2.89 bits per heavy atom. The fourth-order valence-electron chi connectivity index (χ4n) is 2.03. The summed E-state index contributed by atoms with van der Waals surface area (Å²) in [6.07, 6.45) is 2.28. The molecule has 0 saturated carbocycles. The lowest BCUT2D eigenvalue weighted by Crippen LogP contribution is -2.47. The number of nitrogens with one attached hydrogen (secondary N) is 1. The number of piperidine rings is 1. The molecule has 1 saturated heterocycles. The second-order valence-corrected chi connectivity index (χ2v) is 5.58. The van der Waals surface area contributed by atoms with E-state index in [9.17, 15) is 4.79 Å². The van der Waals surface area contributed by atoms with Crippen LogP contribution in [0.15, 0.2) is 5.16 Å². The summed E-state index contributed by atoms with van der Waals surface area (Å²) in [5.74, 6) is 0.463. The van der Waals surface area contributed by atoms with E-state index in [1.165, 1.54) is 0 Å². The number of nitrogens with zero attached hydrogens (tertiary/aromatic N) is 2. The van der Waals surface area contributed by atoms with Gasteiger partial charge in [-0.3, -0.25) is 4.79 Å². The first kappa shape index (κ1) is 14.8. The van der Waals surface area contributed by atoms with Crippen molar-refractivity contribution in [3.05, 3.63) is 0 Å². The highest BCUT2D eigenvalue weighted by Crippen LogP contribution is 2.20. The van der Waals surface area contributed by atoms with Crippen molar-refractivity contribution in [1.29, 1.82) is 0 Å². The zero-order valence-electron chi connectivity index (χ0n) is 11.4. The van der Waals surface area contributed by atoms with Gasteiger partial charge in [0.25, 0.3) is 0 Å². The minimum atomic E-state index is -0.321. The summed E-state index contributed by atoms with van der Waals surface area (Å²) in [4.78, 5) is 13.1. The number of likely N-dealkylation sites (tertiary alicyclic amines) is 1. The van der Waals surface area contributed by atoms with E-state index in [1.54, 1.807) is 4.90 Å². The van der Waals surface area contributed by atoms with Crippen molar-refractivity contribution in [2.75, 3.05) is 20.1 Å². The monoisotopic (exact) mass is 256 g/mol. The molecule has 0 radical (unpaired) electrons. The summed E-state index contributed by atoms with van der Waals surface area (Å²) in [5.41, 5.74) is 5.31. The highest BCUT2D eigenvalue weighted by Gasteiger charge is 2.25. The second-order valence-electron chi connectivity index (χ2n) is 5.58.